The molecular weight excluding hydrogens is 510 g/mol. The number of halogens is 1. The van der Waals surface area contributed by atoms with Crippen molar-refractivity contribution >= 4 is 52.4 Å². The summed E-state index contributed by atoms with van der Waals surface area (Å²) in [5.41, 5.74) is 6.43. The number of rotatable bonds is 10. The van der Waals surface area contributed by atoms with E-state index in [4.69, 9.17) is 21.3 Å². The van der Waals surface area contributed by atoms with E-state index in [9.17, 15) is 4.79 Å². The fraction of sp³-hybridized carbons (Fsp3) is 0.273. The summed E-state index contributed by atoms with van der Waals surface area (Å²) in [5, 5.41) is 2.11. The largest absolute Gasteiger partial charge is 0.465 e. The first kappa shape index (κ1) is 26.5. The molecule has 1 aliphatic carbocycles. The van der Waals surface area contributed by atoms with Crippen LogP contribution >= 0.6 is 23.4 Å². The summed E-state index contributed by atoms with van der Waals surface area (Å²) < 4.78 is 5.01. The topological polar surface area (TPSA) is 39.2 Å². The van der Waals surface area contributed by atoms with Gasteiger partial charge in [-0.2, -0.15) is 11.8 Å². The molecule has 0 spiro atoms. The molecule has 0 saturated heterocycles. The van der Waals surface area contributed by atoms with Crippen LogP contribution in [0.4, 0.5) is 0 Å². The highest BCUT2D eigenvalue weighted by Gasteiger charge is 2.37. The van der Waals surface area contributed by atoms with Crippen molar-refractivity contribution in [2.45, 2.75) is 37.9 Å². The lowest BCUT2D eigenvalue weighted by Crippen LogP contribution is -2.08. The predicted octanol–water partition coefficient (Wildman–Crippen LogP) is 9.05. The van der Waals surface area contributed by atoms with Crippen LogP contribution in [0.5, 0.6) is 0 Å². The van der Waals surface area contributed by atoms with Gasteiger partial charge in [0.15, 0.2) is 0 Å². The Hall–Kier alpha value is -3.08. The van der Waals surface area contributed by atoms with Crippen molar-refractivity contribution in [2.75, 3.05) is 12.9 Å². The number of carbonyl (C=O) groups excluding carboxylic acids is 1. The second-order valence-electron chi connectivity index (χ2n) is 10.4. The first-order chi connectivity index (χ1) is 18.4. The molecule has 0 N–H and O–H groups in total. The average molecular weight is 542 g/mol. The van der Waals surface area contributed by atoms with Gasteiger partial charge < -0.3 is 4.74 Å². The molecule has 0 radical (unpaired) electrons. The van der Waals surface area contributed by atoms with Gasteiger partial charge >= 0.3 is 5.97 Å². The van der Waals surface area contributed by atoms with Crippen molar-refractivity contribution in [1.29, 1.82) is 0 Å². The normalized spacial score (nSPS) is 15.0. The van der Waals surface area contributed by atoms with E-state index in [0.29, 0.717) is 21.3 Å². The minimum atomic E-state index is -0.271. The van der Waals surface area contributed by atoms with E-state index in [-0.39, 0.29) is 5.97 Å². The van der Waals surface area contributed by atoms with Gasteiger partial charge in [-0.1, -0.05) is 79.2 Å². The summed E-state index contributed by atoms with van der Waals surface area (Å²) in [7, 11) is 1.44. The Morgan fingerprint density at radius 2 is 1.87 bits per heavy atom. The van der Waals surface area contributed by atoms with Crippen molar-refractivity contribution in [3.05, 3.63) is 112 Å². The Labute approximate surface area is 234 Å². The quantitative estimate of drug-likeness (QED) is 0.188. The van der Waals surface area contributed by atoms with E-state index in [1.54, 1.807) is 0 Å². The van der Waals surface area contributed by atoms with E-state index in [1.807, 2.05) is 60.3 Å². The molecule has 194 valence electrons. The summed E-state index contributed by atoms with van der Waals surface area (Å²) in [4.78, 5) is 17.0. The van der Waals surface area contributed by atoms with E-state index >= 15 is 0 Å². The minimum absolute atomic E-state index is 0.271. The smallest absolute Gasteiger partial charge is 0.338 e. The Bertz CT molecular complexity index is 1480. The third-order valence-corrected chi connectivity index (χ3v) is 9.25. The van der Waals surface area contributed by atoms with Crippen LogP contribution in [0.1, 0.15) is 64.2 Å². The van der Waals surface area contributed by atoms with Crippen LogP contribution in [0, 0.1) is 5.41 Å². The van der Waals surface area contributed by atoms with Crippen LogP contribution in [-0.2, 0) is 11.2 Å². The zero-order valence-electron chi connectivity index (χ0n) is 21.8. The van der Waals surface area contributed by atoms with E-state index in [2.05, 4.69) is 49.4 Å². The van der Waals surface area contributed by atoms with Gasteiger partial charge in [0, 0.05) is 15.7 Å². The van der Waals surface area contributed by atoms with Gasteiger partial charge in [0.05, 0.1) is 23.9 Å². The maximum absolute atomic E-state index is 12.3. The van der Waals surface area contributed by atoms with E-state index in [0.717, 1.165) is 46.3 Å². The molecule has 3 nitrogen and oxygen atoms in total. The maximum atomic E-state index is 12.3. The molecule has 1 atom stereocenters. The zero-order valence-corrected chi connectivity index (χ0v) is 23.4. The van der Waals surface area contributed by atoms with Gasteiger partial charge in [-0.3, -0.25) is 0 Å². The van der Waals surface area contributed by atoms with E-state index < -0.39 is 0 Å². The molecule has 0 aliphatic heterocycles. The monoisotopic (exact) mass is 541 g/mol. The second kappa shape index (κ2) is 11.8. The molecule has 5 heteroatoms. The van der Waals surface area contributed by atoms with Crippen molar-refractivity contribution in [2.24, 2.45) is 5.41 Å². The summed E-state index contributed by atoms with van der Waals surface area (Å²) in [6, 6.07) is 26.5. The highest BCUT2D eigenvalue weighted by molar-refractivity contribution is 7.99. The number of pyridine rings is 1. The van der Waals surface area contributed by atoms with Crippen LogP contribution in [0.2, 0.25) is 5.02 Å². The van der Waals surface area contributed by atoms with Crippen LogP contribution in [0.15, 0.2) is 78.9 Å². The van der Waals surface area contributed by atoms with Crippen LogP contribution in [-0.4, -0.2) is 23.8 Å². The van der Waals surface area contributed by atoms with E-state index in [1.165, 1.54) is 25.5 Å². The first-order valence-electron chi connectivity index (χ1n) is 13.0. The first-order valence-corrected chi connectivity index (χ1v) is 14.5. The highest BCUT2D eigenvalue weighted by atomic mass is 35.5. The Balaban J connectivity index is 1.35. The molecule has 3 aromatic carbocycles. The lowest BCUT2D eigenvalue weighted by molar-refractivity contribution is 0.0599. The molecule has 5 rings (SSSR count). The summed E-state index contributed by atoms with van der Waals surface area (Å²) in [6.45, 7) is 2.38. The number of fused-ring (bicyclic) bond motifs is 1. The van der Waals surface area contributed by atoms with Crippen molar-refractivity contribution in [3.8, 4) is 0 Å². The maximum Gasteiger partial charge on any atom is 0.338 e. The van der Waals surface area contributed by atoms with Gasteiger partial charge in [0.1, 0.15) is 0 Å². The molecule has 0 amide bonds. The number of hydrogen-bond donors (Lipinski definition) is 0. The molecule has 1 aliphatic rings. The fourth-order valence-corrected chi connectivity index (χ4v) is 6.27. The summed E-state index contributed by atoms with van der Waals surface area (Å²) in [5.74, 6) is 0.881. The standard InChI is InChI=1S/C33H32ClNO2S/c1-33(18-19-33)22-38-31(17-13-24-7-3-4-9-29(24)32(36)37-2)26-8-5-6-23(20-26)10-15-28-16-12-25-11-14-27(34)21-30(25)35-28/h3-12,14-16,20-21,31H,13,17-19,22H2,1-2H3/b15-10+/t31-/m0/s1. The predicted molar refractivity (Wildman–Crippen MR) is 161 cm³/mol. The summed E-state index contributed by atoms with van der Waals surface area (Å²) in [6.07, 6.45) is 8.58. The molecule has 0 bridgehead atoms. The van der Waals surface area contributed by atoms with Crippen LogP contribution in [0.3, 0.4) is 0 Å². The third-order valence-electron chi connectivity index (χ3n) is 7.24. The molecular formula is C33H32ClNO2S. The second-order valence-corrected chi connectivity index (χ2v) is 12.0. The van der Waals surface area contributed by atoms with Crippen molar-refractivity contribution in [1.82, 2.24) is 4.98 Å². The number of benzene rings is 3. The van der Waals surface area contributed by atoms with Gasteiger partial charge in [0.25, 0.3) is 0 Å². The minimum Gasteiger partial charge on any atom is -0.465 e. The fourth-order valence-electron chi connectivity index (χ4n) is 4.58. The lowest BCUT2D eigenvalue weighted by atomic mass is 9.98. The number of hydrogen-bond acceptors (Lipinski definition) is 4. The number of nitrogens with zero attached hydrogens (tertiary/aromatic N) is 1. The SMILES string of the molecule is COC(=O)c1ccccc1CC[C@H](SCC1(C)CC1)c1cccc(/C=C/c2ccc3ccc(Cl)cc3n2)c1. The molecule has 38 heavy (non-hydrogen) atoms. The van der Waals surface area contributed by atoms with Crippen LogP contribution < -0.4 is 0 Å². The van der Waals surface area contributed by atoms with Crippen LogP contribution in [0.25, 0.3) is 23.1 Å². The average Bonchev–Trinajstić information content (AvgIpc) is 3.68. The number of methoxy groups -OCH3 is 1. The number of esters is 1. The van der Waals surface area contributed by atoms with Gasteiger partial charge in [-0.05, 0) is 83.9 Å². The molecule has 1 fully saturated rings. The zero-order chi connectivity index (χ0) is 26.5. The van der Waals surface area contributed by atoms with Crippen molar-refractivity contribution in [3.63, 3.8) is 0 Å². The van der Waals surface area contributed by atoms with Gasteiger partial charge in [0.2, 0.25) is 0 Å². The Morgan fingerprint density at radius 3 is 2.68 bits per heavy atom. The number of aromatic nitrogens is 1. The number of thioether (sulfide) groups is 1. The summed E-state index contributed by atoms with van der Waals surface area (Å²) >= 11 is 8.21. The lowest BCUT2D eigenvalue weighted by Gasteiger charge is -2.20. The van der Waals surface area contributed by atoms with Gasteiger partial charge in [-0.15, -0.1) is 0 Å². The molecule has 1 heterocycles. The number of aryl methyl sites for hydroxylation is 1. The molecule has 4 aromatic rings. The third kappa shape index (κ3) is 6.67. The molecule has 1 aromatic heterocycles. The number of carbonyl (C=O) groups is 1. The Kier molecular flexibility index (Phi) is 8.21. The molecule has 0 unspecified atom stereocenters. The van der Waals surface area contributed by atoms with Crippen molar-refractivity contribution < 1.29 is 9.53 Å². The Morgan fingerprint density at radius 1 is 1.05 bits per heavy atom. The van der Waals surface area contributed by atoms with Gasteiger partial charge in [-0.25, -0.2) is 9.78 Å². The number of ether oxygens (including phenoxy) is 1. The highest BCUT2D eigenvalue weighted by Crippen LogP contribution is 2.50. The molecule has 1 saturated carbocycles.